The van der Waals surface area contributed by atoms with Crippen LogP contribution >= 0.6 is 0 Å². The second-order valence-electron chi connectivity index (χ2n) is 8.20. The summed E-state index contributed by atoms with van der Waals surface area (Å²) in [5.41, 5.74) is 8.84. The maximum atomic E-state index is 13.3. The number of carbonyl (C=O) groups is 1. The smallest absolute Gasteiger partial charge is 0.295 e. The average molecular weight is 409 g/mol. The first-order valence-electron chi connectivity index (χ1n) is 10.1. The van der Waals surface area contributed by atoms with Gasteiger partial charge in [-0.2, -0.15) is 0 Å². The van der Waals surface area contributed by atoms with Crippen molar-refractivity contribution in [3.63, 3.8) is 0 Å². The van der Waals surface area contributed by atoms with E-state index < -0.39 is 0 Å². The minimum absolute atomic E-state index is 0.00816. The lowest BCUT2D eigenvalue weighted by atomic mass is 10.1. The largest absolute Gasteiger partial charge is 0.466 e. The molecule has 1 amide bonds. The van der Waals surface area contributed by atoms with Crippen molar-refractivity contribution >= 4 is 11.6 Å². The number of fused-ring (bicyclic) bond motifs is 1. The molecule has 0 aliphatic carbocycles. The minimum Gasteiger partial charge on any atom is -0.466 e. The van der Waals surface area contributed by atoms with Gasteiger partial charge in [0, 0.05) is 43.6 Å². The summed E-state index contributed by atoms with van der Waals surface area (Å²) in [5.74, 6) is 1.31. The third-order valence-electron chi connectivity index (χ3n) is 5.45. The minimum atomic E-state index is -0.250. The van der Waals surface area contributed by atoms with Gasteiger partial charge >= 0.3 is 0 Å². The predicted octanol–water partition coefficient (Wildman–Crippen LogP) is 2.51. The van der Waals surface area contributed by atoms with Crippen LogP contribution in [0.2, 0.25) is 0 Å². The van der Waals surface area contributed by atoms with E-state index in [-0.39, 0.29) is 28.8 Å². The number of furan rings is 1. The number of aromatic nitrogens is 3. The van der Waals surface area contributed by atoms with Crippen LogP contribution in [0.25, 0.3) is 16.9 Å². The fourth-order valence-corrected chi connectivity index (χ4v) is 3.87. The highest BCUT2D eigenvalue weighted by Crippen LogP contribution is 2.26. The Labute approximate surface area is 174 Å². The van der Waals surface area contributed by atoms with Gasteiger partial charge in [0.05, 0.1) is 5.69 Å². The highest BCUT2D eigenvalue weighted by atomic mass is 16.3. The van der Waals surface area contributed by atoms with E-state index in [4.69, 9.17) is 10.2 Å². The van der Waals surface area contributed by atoms with Crippen molar-refractivity contribution in [2.75, 3.05) is 13.1 Å². The lowest BCUT2D eigenvalue weighted by Crippen LogP contribution is -2.32. The van der Waals surface area contributed by atoms with Crippen LogP contribution in [0.5, 0.6) is 0 Å². The van der Waals surface area contributed by atoms with E-state index in [1.165, 1.54) is 0 Å². The number of nitrogens with two attached hydrogens (primary N) is 1. The topological polar surface area (TPSA) is 98.8 Å². The highest BCUT2D eigenvalue weighted by molar-refractivity contribution is 5.93. The summed E-state index contributed by atoms with van der Waals surface area (Å²) >= 11 is 0. The molecule has 0 radical (unpaired) electrons. The third-order valence-corrected chi connectivity index (χ3v) is 5.45. The van der Waals surface area contributed by atoms with E-state index in [9.17, 15) is 9.59 Å². The summed E-state index contributed by atoms with van der Waals surface area (Å²) in [4.78, 5) is 32.3. The quantitative estimate of drug-likeness (QED) is 0.668. The maximum absolute atomic E-state index is 13.3. The van der Waals surface area contributed by atoms with Crippen molar-refractivity contribution in [2.45, 2.75) is 46.7 Å². The van der Waals surface area contributed by atoms with Gasteiger partial charge in [0.25, 0.3) is 11.5 Å². The van der Waals surface area contributed by atoms with Crippen LogP contribution in [0, 0.1) is 13.8 Å². The fourth-order valence-electron chi connectivity index (χ4n) is 3.87. The van der Waals surface area contributed by atoms with Crippen LogP contribution in [-0.4, -0.2) is 43.9 Å². The van der Waals surface area contributed by atoms with Gasteiger partial charge in [0.2, 0.25) is 5.65 Å². The number of likely N-dealkylation sites (tertiary alicyclic amines) is 1. The SMILES string of the molecule is CC(C)=CCn1c(-c2cc(C)oc2C)cn2cc(C(=O)N3CC[C@H](N)C3)nc2c1=O. The zero-order chi connectivity index (χ0) is 21.6. The number of rotatable bonds is 4. The number of aryl methyl sites for hydroxylation is 2. The van der Waals surface area contributed by atoms with Gasteiger partial charge in [-0.1, -0.05) is 11.6 Å². The van der Waals surface area contributed by atoms with Crippen LogP contribution in [0.15, 0.2) is 39.3 Å². The van der Waals surface area contributed by atoms with Gasteiger partial charge < -0.3 is 15.1 Å². The van der Waals surface area contributed by atoms with E-state index in [2.05, 4.69) is 4.98 Å². The summed E-state index contributed by atoms with van der Waals surface area (Å²) in [6.45, 7) is 9.26. The van der Waals surface area contributed by atoms with Crippen molar-refractivity contribution in [1.82, 2.24) is 18.9 Å². The summed E-state index contributed by atoms with van der Waals surface area (Å²) in [6.07, 6.45) is 6.23. The van der Waals surface area contributed by atoms with Gasteiger partial charge in [0.1, 0.15) is 17.2 Å². The van der Waals surface area contributed by atoms with Crippen LogP contribution < -0.4 is 11.3 Å². The Balaban J connectivity index is 1.86. The normalized spacial score (nSPS) is 16.4. The molecule has 0 aromatic carbocycles. The van der Waals surface area contributed by atoms with Gasteiger partial charge in [-0.15, -0.1) is 0 Å². The van der Waals surface area contributed by atoms with Crippen LogP contribution in [0.4, 0.5) is 0 Å². The molecule has 0 bridgehead atoms. The van der Waals surface area contributed by atoms with E-state index >= 15 is 0 Å². The molecule has 4 heterocycles. The number of allylic oxidation sites excluding steroid dienone is 2. The first kappa shape index (κ1) is 20.2. The van der Waals surface area contributed by atoms with Crippen molar-refractivity contribution in [3.8, 4) is 11.3 Å². The molecule has 0 unspecified atom stereocenters. The van der Waals surface area contributed by atoms with Gasteiger partial charge in [-0.3, -0.25) is 18.6 Å². The predicted molar refractivity (Wildman–Crippen MR) is 115 cm³/mol. The van der Waals surface area contributed by atoms with Gasteiger partial charge in [-0.05, 0) is 40.2 Å². The number of hydrogen-bond donors (Lipinski definition) is 1. The van der Waals surface area contributed by atoms with E-state index in [0.717, 1.165) is 34.8 Å². The molecule has 30 heavy (non-hydrogen) atoms. The molecule has 1 aliphatic heterocycles. The lowest BCUT2D eigenvalue weighted by Gasteiger charge is -2.13. The molecular weight excluding hydrogens is 382 g/mol. The van der Waals surface area contributed by atoms with E-state index in [0.29, 0.717) is 19.6 Å². The van der Waals surface area contributed by atoms with Crippen LogP contribution in [0.1, 0.15) is 42.3 Å². The molecule has 1 atom stereocenters. The molecule has 1 saturated heterocycles. The number of amides is 1. The molecule has 3 aromatic heterocycles. The summed E-state index contributed by atoms with van der Waals surface area (Å²) in [5, 5.41) is 0. The average Bonchev–Trinajstić information content (AvgIpc) is 3.38. The Kier molecular flexibility index (Phi) is 5.11. The molecule has 3 aromatic rings. The molecule has 0 spiro atoms. The number of nitrogens with zero attached hydrogens (tertiary/aromatic N) is 4. The molecule has 8 nitrogen and oxygen atoms in total. The Morgan fingerprint density at radius 3 is 2.70 bits per heavy atom. The maximum Gasteiger partial charge on any atom is 0.295 e. The van der Waals surface area contributed by atoms with Gasteiger partial charge in [-0.25, -0.2) is 4.98 Å². The van der Waals surface area contributed by atoms with Crippen molar-refractivity contribution < 1.29 is 9.21 Å². The molecule has 4 rings (SSSR count). The third kappa shape index (κ3) is 3.59. The van der Waals surface area contributed by atoms with Crippen LogP contribution in [-0.2, 0) is 6.54 Å². The number of imidazole rings is 1. The fraction of sp³-hybridized carbons (Fsp3) is 0.409. The monoisotopic (exact) mass is 409 g/mol. The highest BCUT2D eigenvalue weighted by Gasteiger charge is 2.27. The van der Waals surface area contributed by atoms with Crippen molar-refractivity contribution in [3.05, 3.63) is 57.7 Å². The van der Waals surface area contributed by atoms with Crippen molar-refractivity contribution in [1.29, 1.82) is 0 Å². The second-order valence-corrected chi connectivity index (χ2v) is 8.20. The summed E-state index contributed by atoms with van der Waals surface area (Å²) in [7, 11) is 0. The van der Waals surface area contributed by atoms with Crippen molar-refractivity contribution in [2.24, 2.45) is 5.73 Å². The van der Waals surface area contributed by atoms with E-state index in [1.54, 1.807) is 20.1 Å². The van der Waals surface area contributed by atoms with Gasteiger partial charge in [0.15, 0.2) is 0 Å². The summed E-state index contributed by atoms with van der Waals surface area (Å²) in [6, 6.07) is 1.91. The Hall–Kier alpha value is -3.13. The molecule has 158 valence electrons. The molecule has 0 saturated carbocycles. The molecule has 1 fully saturated rings. The molecule has 2 N–H and O–H groups in total. The molecular formula is C22H27N5O3. The molecule has 8 heteroatoms. The zero-order valence-electron chi connectivity index (χ0n) is 17.8. The number of carbonyl (C=O) groups excluding carboxylic acids is 1. The first-order valence-corrected chi connectivity index (χ1v) is 10.1. The second kappa shape index (κ2) is 7.60. The van der Waals surface area contributed by atoms with Crippen LogP contribution in [0.3, 0.4) is 0 Å². The summed E-state index contributed by atoms with van der Waals surface area (Å²) < 4.78 is 9.01. The zero-order valence-corrected chi connectivity index (χ0v) is 17.8. The molecule has 1 aliphatic rings. The standard InChI is InChI=1S/C22H27N5O3/c1-13(2)5-8-27-19(17-9-14(3)30-15(17)4)12-26-11-18(24-20(26)22(27)29)21(28)25-7-6-16(23)10-25/h5,9,11-12,16H,6-8,10,23H2,1-4H3/t16-/m0/s1. The number of hydrogen-bond acceptors (Lipinski definition) is 5. The Morgan fingerprint density at radius 2 is 2.10 bits per heavy atom. The van der Waals surface area contributed by atoms with E-state index in [1.807, 2.05) is 46.0 Å². The lowest BCUT2D eigenvalue weighted by molar-refractivity contribution is 0.0786. The Bertz CT molecular complexity index is 1210. The first-order chi connectivity index (χ1) is 14.2. The Morgan fingerprint density at radius 1 is 1.33 bits per heavy atom.